The van der Waals surface area contributed by atoms with E-state index in [0.29, 0.717) is 18.1 Å². The van der Waals surface area contributed by atoms with Crippen molar-refractivity contribution >= 4 is 29.5 Å². The van der Waals surface area contributed by atoms with Gasteiger partial charge in [-0.1, -0.05) is 12.2 Å². The lowest BCUT2D eigenvalue weighted by molar-refractivity contribution is -0.142. The first-order chi connectivity index (χ1) is 12.4. The Morgan fingerprint density at radius 2 is 2.19 bits per heavy atom. The Morgan fingerprint density at radius 3 is 2.88 bits per heavy atom. The van der Waals surface area contributed by atoms with Gasteiger partial charge in [0.05, 0.1) is 13.0 Å². The molecule has 0 aliphatic carbocycles. The molecule has 0 spiro atoms. The van der Waals surface area contributed by atoms with Gasteiger partial charge in [0.15, 0.2) is 0 Å². The highest BCUT2D eigenvalue weighted by Gasteiger charge is 2.36. The van der Waals surface area contributed by atoms with Gasteiger partial charge in [0.2, 0.25) is 23.6 Å². The standard InChI is InChI=1S/C17H22N4O5/c1-11-18-8-4-3-5-12(19-15(23)10-26-2)9-16(24)21(11)13-6-7-14(22)20-17(13)25/h3-5,13H,6-10H2,1-2H3,(H,19,23)(H,20,22,25)/b4-3-,12-5+,18-11?. The number of carbonyl (C=O) groups excluding carboxylic acids is 4. The number of nitrogens with zero attached hydrogens (tertiary/aromatic N) is 2. The lowest BCUT2D eigenvalue weighted by Gasteiger charge is -2.33. The minimum atomic E-state index is -0.803. The van der Waals surface area contributed by atoms with Crippen molar-refractivity contribution in [2.45, 2.75) is 32.2 Å². The summed E-state index contributed by atoms with van der Waals surface area (Å²) in [6, 6.07) is -0.803. The minimum Gasteiger partial charge on any atom is -0.375 e. The molecular weight excluding hydrogens is 340 g/mol. The lowest BCUT2D eigenvalue weighted by atomic mass is 10.0. The SMILES string of the molecule is COCC(=O)N/C1=C/C=C\CN=C(C)N(C2CCC(=O)NC2=O)C(=O)C1. The maximum absolute atomic E-state index is 12.9. The number of hydrogen-bond donors (Lipinski definition) is 2. The smallest absolute Gasteiger partial charge is 0.250 e. The van der Waals surface area contributed by atoms with Gasteiger partial charge in [-0.15, -0.1) is 0 Å². The molecule has 0 bridgehead atoms. The van der Waals surface area contributed by atoms with Gasteiger partial charge in [-0.3, -0.25) is 34.4 Å². The summed E-state index contributed by atoms with van der Waals surface area (Å²) in [5, 5.41) is 4.88. The zero-order chi connectivity index (χ0) is 19.1. The summed E-state index contributed by atoms with van der Waals surface area (Å²) in [6.07, 6.45) is 5.35. The van der Waals surface area contributed by atoms with Crippen LogP contribution < -0.4 is 10.6 Å². The number of methoxy groups -OCH3 is 1. The average Bonchev–Trinajstić information content (AvgIpc) is 2.56. The van der Waals surface area contributed by atoms with E-state index in [9.17, 15) is 19.2 Å². The number of rotatable bonds is 4. The van der Waals surface area contributed by atoms with E-state index in [-0.39, 0.29) is 43.6 Å². The second-order valence-electron chi connectivity index (χ2n) is 5.90. The van der Waals surface area contributed by atoms with Crippen LogP contribution in [0, 0.1) is 0 Å². The molecule has 2 rings (SSSR count). The van der Waals surface area contributed by atoms with Crippen molar-refractivity contribution in [3.63, 3.8) is 0 Å². The molecule has 2 N–H and O–H groups in total. The number of ether oxygens (including phenoxy) is 1. The second kappa shape index (κ2) is 9.04. The van der Waals surface area contributed by atoms with Crippen LogP contribution in [0.1, 0.15) is 26.2 Å². The van der Waals surface area contributed by atoms with Crippen molar-refractivity contribution in [3.05, 3.63) is 23.9 Å². The highest BCUT2D eigenvalue weighted by Crippen LogP contribution is 2.17. The molecule has 1 fully saturated rings. The molecule has 0 aromatic heterocycles. The molecular formula is C17H22N4O5. The van der Waals surface area contributed by atoms with Crippen molar-refractivity contribution in [1.82, 2.24) is 15.5 Å². The number of nitrogens with one attached hydrogen (secondary N) is 2. The summed E-state index contributed by atoms with van der Waals surface area (Å²) in [4.78, 5) is 53.8. The second-order valence-corrected chi connectivity index (χ2v) is 5.90. The van der Waals surface area contributed by atoms with Crippen LogP contribution in [0.3, 0.4) is 0 Å². The number of amidine groups is 1. The molecule has 4 amide bonds. The molecule has 140 valence electrons. The van der Waals surface area contributed by atoms with E-state index in [2.05, 4.69) is 15.6 Å². The Kier molecular flexibility index (Phi) is 6.79. The number of aliphatic imine (C=N–C) groups is 1. The van der Waals surface area contributed by atoms with Crippen LogP contribution in [0.15, 0.2) is 28.9 Å². The van der Waals surface area contributed by atoms with E-state index in [4.69, 9.17) is 4.74 Å². The molecule has 2 aliphatic heterocycles. The van der Waals surface area contributed by atoms with E-state index in [0.717, 1.165) is 0 Å². The average molecular weight is 362 g/mol. The van der Waals surface area contributed by atoms with Crippen LogP contribution >= 0.6 is 0 Å². The van der Waals surface area contributed by atoms with Crippen LogP contribution in [0.25, 0.3) is 0 Å². The fraction of sp³-hybridized carbons (Fsp3) is 0.471. The van der Waals surface area contributed by atoms with Crippen LogP contribution in [0.5, 0.6) is 0 Å². The highest BCUT2D eigenvalue weighted by molar-refractivity contribution is 6.07. The number of imide groups is 1. The molecule has 2 heterocycles. The van der Waals surface area contributed by atoms with Crippen LogP contribution in [-0.4, -0.2) is 60.7 Å². The van der Waals surface area contributed by atoms with E-state index < -0.39 is 11.9 Å². The number of hydrogen-bond acceptors (Lipinski definition) is 6. The summed E-state index contributed by atoms with van der Waals surface area (Å²) in [6.45, 7) is 1.83. The summed E-state index contributed by atoms with van der Waals surface area (Å²) in [7, 11) is 1.40. The van der Waals surface area contributed by atoms with Gasteiger partial charge in [0.1, 0.15) is 18.5 Å². The third-order valence-corrected chi connectivity index (χ3v) is 3.92. The van der Waals surface area contributed by atoms with E-state index in [1.54, 1.807) is 25.2 Å². The Morgan fingerprint density at radius 1 is 1.42 bits per heavy atom. The molecule has 9 heteroatoms. The van der Waals surface area contributed by atoms with Crippen molar-refractivity contribution in [3.8, 4) is 0 Å². The van der Waals surface area contributed by atoms with Crippen molar-refractivity contribution in [1.29, 1.82) is 0 Å². The molecule has 26 heavy (non-hydrogen) atoms. The maximum atomic E-state index is 12.9. The molecule has 1 unspecified atom stereocenters. The minimum absolute atomic E-state index is 0.121. The monoisotopic (exact) mass is 362 g/mol. The molecule has 0 saturated carbocycles. The van der Waals surface area contributed by atoms with Gasteiger partial charge in [-0.25, -0.2) is 0 Å². The van der Waals surface area contributed by atoms with Crippen LogP contribution in [0.2, 0.25) is 0 Å². The summed E-state index contributed by atoms with van der Waals surface area (Å²) >= 11 is 0. The van der Waals surface area contributed by atoms with Crippen LogP contribution in [0.4, 0.5) is 0 Å². The van der Waals surface area contributed by atoms with E-state index in [1.165, 1.54) is 12.0 Å². The Bertz CT molecular complexity index is 695. The third kappa shape index (κ3) is 5.09. The fourth-order valence-electron chi connectivity index (χ4n) is 2.75. The normalized spacial score (nSPS) is 24.9. The first-order valence-corrected chi connectivity index (χ1v) is 8.23. The Hall–Kier alpha value is -2.81. The van der Waals surface area contributed by atoms with Gasteiger partial charge in [-0.2, -0.15) is 0 Å². The first-order valence-electron chi connectivity index (χ1n) is 8.23. The summed E-state index contributed by atoms with van der Waals surface area (Å²) < 4.78 is 4.77. The van der Waals surface area contributed by atoms with Crippen LogP contribution in [-0.2, 0) is 23.9 Å². The van der Waals surface area contributed by atoms with Gasteiger partial charge in [0, 0.05) is 19.2 Å². The Labute approximate surface area is 151 Å². The highest BCUT2D eigenvalue weighted by atomic mass is 16.5. The van der Waals surface area contributed by atoms with Crippen molar-refractivity contribution in [2.75, 3.05) is 20.3 Å². The van der Waals surface area contributed by atoms with E-state index in [1.807, 2.05) is 0 Å². The quantitative estimate of drug-likeness (QED) is 0.663. The number of carbonyl (C=O) groups is 4. The molecule has 2 aliphatic rings. The fourth-order valence-corrected chi connectivity index (χ4v) is 2.75. The predicted molar refractivity (Wildman–Crippen MR) is 92.9 cm³/mol. The molecule has 0 radical (unpaired) electrons. The number of piperidine rings is 1. The molecule has 9 nitrogen and oxygen atoms in total. The summed E-state index contributed by atoms with van der Waals surface area (Å²) in [5.74, 6) is -1.26. The predicted octanol–water partition coefficient (Wildman–Crippen LogP) is -0.355. The van der Waals surface area contributed by atoms with Gasteiger partial charge in [0.25, 0.3) is 0 Å². The maximum Gasteiger partial charge on any atom is 0.250 e. The van der Waals surface area contributed by atoms with Crippen molar-refractivity contribution in [2.24, 2.45) is 4.99 Å². The molecule has 1 atom stereocenters. The zero-order valence-electron chi connectivity index (χ0n) is 14.8. The molecule has 1 saturated heterocycles. The van der Waals surface area contributed by atoms with Gasteiger partial charge in [-0.05, 0) is 19.4 Å². The largest absolute Gasteiger partial charge is 0.375 e. The molecule has 0 aromatic carbocycles. The topological polar surface area (TPSA) is 117 Å². The summed E-state index contributed by atoms with van der Waals surface area (Å²) in [5.41, 5.74) is 0.389. The lowest BCUT2D eigenvalue weighted by Crippen LogP contribution is -2.56. The van der Waals surface area contributed by atoms with E-state index >= 15 is 0 Å². The number of amides is 4. The van der Waals surface area contributed by atoms with Crippen molar-refractivity contribution < 1.29 is 23.9 Å². The number of allylic oxidation sites excluding steroid dienone is 2. The first kappa shape index (κ1) is 19.5. The zero-order valence-corrected chi connectivity index (χ0v) is 14.8. The van der Waals surface area contributed by atoms with Gasteiger partial charge >= 0.3 is 0 Å². The molecule has 0 aromatic rings. The van der Waals surface area contributed by atoms with Gasteiger partial charge < -0.3 is 10.1 Å². The third-order valence-electron chi connectivity index (χ3n) is 3.92. The Balaban J connectivity index is 2.24.